The number of aliphatic hydroxyl groups is 2. The molecular formula is C56H93NO5. The lowest BCUT2D eigenvalue weighted by Gasteiger charge is -2.24. The van der Waals surface area contributed by atoms with Crippen molar-refractivity contribution in [2.45, 2.75) is 225 Å². The van der Waals surface area contributed by atoms with E-state index in [-0.39, 0.29) is 31.3 Å². The van der Waals surface area contributed by atoms with E-state index in [2.05, 4.69) is 117 Å². The summed E-state index contributed by atoms with van der Waals surface area (Å²) in [6.07, 6.45) is 65.9. The smallest absolute Gasteiger partial charge is 0.306 e. The predicted molar refractivity (Wildman–Crippen MR) is 268 cm³/mol. The highest BCUT2D eigenvalue weighted by Gasteiger charge is 2.24. The number of ether oxygens (including phenoxy) is 1. The van der Waals surface area contributed by atoms with Gasteiger partial charge in [0.2, 0.25) is 5.91 Å². The first kappa shape index (κ1) is 58.5. The van der Waals surface area contributed by atoms with Crippen molar-refractivity contribution in [3.63, 3.8) is 0 Å². The van der Waals surface area contributed by atoms with Gasteiger partial charge in [0, 0.05) is 6.42 Å². The normalized spacial score (nSPS) is 14.2. The molecule has 0 radical (unpaired) electrons. The molecule has 3 unspecified atom stereocenters. The maximum absolute atomic E-state index is 13.2. The third kappa shape index (κ3) is 43.2. The number of amides is 1. The van der Waals surface area contributed by atoms with Gasteiger partial charge in [0.05, 0.1) is 25.2 Å². The van der Waals surface area contributed by atoms with Crippen LogP contribution in [-0.4, -0.2) is 46.9 Å². The van der Waals surface area contributed by atoms with Gasteiger partial charge in [-0.05, 0) is 83.5 Å². The van der Waals surface area contributed by atoms with Crippen LogP contribution in [0.4, 0.5) is 0 Å². The summed E-state index contributed by atoms with van der Waals surface area (Å²) in [5.41, 5.74) is 0. The Hall–Kier alpha value is -3.48. The highest BCUT2D eigenvalue weighted by atomic mass is 16.5. The molecule has 352 valence electrons. The van der Waals surface area contributed by atoms with Gasteiger partial charge in [-0.1, -0.05) is 220 Å². The largest absolute Gasteiger partial charge is 0.462 e. The van der Waals surface area contributed by atoms with E-state index in [1.165, 1.54) is 64.2 Å². The number of nitrogens with one attached hydrogen (secondary N) is 1. The fourth-order valence-corrected chi connectivity index (χ4v) is 6.93. The van der Waals surface area contributed by atoms with Crippen LogP contribution in [0.1, 0.15) is 207 Å². The Bertz CT molecular complexity index is 1280. The number of allylic oxidation sites excluding steroid dienone is 18. The first-order valence-electron chi connectivity index (χ1n) is 25.1. The minimum absolute atomic E-state index is 0.0174. The second-order valence-electron chi connectivity index (χ2n) is 16.5. The predicted octanol–water partition coefficient (Wildman–Crippen LogP) is 15.1. The quantitative estimate of drug-likeness (QED) is 0.0246. The van der Waals surface area contributed by atoms with Gasteiger partial charge in [-0.25, -0.2) is 0 Å². The van der Waals surface area contributed by atoms with E-state index in [0.29, 0.717) is 19.3 Å². The number of carbonyl (C=O) groups is 2. The van der Waals surface area contributed by atoms with E-state index in [4.69, 9.17) is 4.74 Å². The summed E-state index contributed by atoms with van der Waals surface area (Å²) >= 11 is 0. The average Bonchev–Trinajstić information content (AvgIpc) is 3.26. The molecule has 0 aliphatic rings. The van der Waals surface area contributed by atoms with Crippen molar-refractivity contribution in [1.82, 2.24) is 5.32 Å². The molecule has 3 N–H and O–H groups in total. The third-order valence-corrected chi connectivity index (χ3v) is 10.7. The summed E-state index contributed by atoms with van der Waals surface area (Å²) in [6, 6.07) is -0.734. The van der Waals surface area contributed by atoms with Crippen molar-refractivity contribution in [2.75, 3.05) is 6.61 Å². The molecule has 0 rings (SSSR count). The van der Waals surface area contributed by atoms with E-state index < -0.39 is 18.2 Å². The van der Waals surface area contributed by atoms with E-state index in [1.54, 1.807) is 0 Å². The summed E-state index contributed by atoms with van der Waals surface area (Å²) < 4.78 is 5.86. The van der Waals surface area contributed by atoms with E-state index in [0.717, 1.165) is 89.9 Å². The van der Waals surface area contributed by atoms with Gasteiger partial charge in [0.1, 0.15) is 6.10 Å². The molecule has 0 spiro atoms. The molecule has 0 saturated heterocycles. The highest BCUT2D eigenvalue weighted by molar-refractivity contribution is 5.77. The minimum atomic E-state index is -0.815. The van der Waals surface area contributed by atoms with Gasteiger partial charge >= 0.3 is 5.97 Å². The number of rotatable bonds is 43. The topological polar surface area (TPSA) is 95.9 Å². The minimum Gasteiger partial charge on any atom is -0.462 e. The Morgan fingerprint density at radius 2 is 0.952 bits per heavy atom. The molecule has 0 aromatic rings. The molecule has 0 aliphatic carbocycles. The van der Waals surface area contributed by atoms with Crippen LogP contribution in [0.25, 0.3) is 0 Å². The number of hydrogen-bond acceptors (Lipinski definition) is 5. The molecule has 0 bridgehead atoms. The maximum Gasteiger partial charge on any atom is 0.306 e. The van der Waals surface area contributed by atoms with Crippen molar-refractivity contribution in [3.05, 3.63) is 109 Å². The van der Waals surface area contributed by atoms with Gasteiger partial charge < -0.3 is 20.3 Å². The SMILES string of the molecule is CC/C=C\C/C=C\C/C=C\C/C=C\C/C=C\C/C=C\CCC(=O)OC(CCCCC\C=C/C=C/C=C/CC)CC(=O)NC(CO)C(O)CCCCCCCCCCCCCCC. The molecule has 0 aromatic heterocycles. The zero-order valence-electron chi connectivity index (χ0n) is 40.0. The summed E-state index contributed by atoms with van der Waals surface area (Å²) in [5, 5.41) is 23.7. The second-order valence-corrected chi connectivity index (χ2v) is 16.5. The molecular weight excluding hydrogens is 767 g/mol. The first-order chi connectivity index (χ1) is 30.5. The van der Waals surface area contributed by atoms with Crippen LogP contribution in [0, 0.1) is 0 Å². The van der Waals surface area contributed by atoms with Crippen LogP contribution in [0.15, 0.2) is 109 Å². The van der Waals surface area contributed by atoms with Crippen molar-refractivity contribution >= 4 is 11.9 Å². The fourth-order valence-electron chi connectivity index (χ4n) is 6.93. The lowest BCUT2D eigenvalue weighted by molar-refractivity contribution is -0.150. The second kappa shape index (κ2) is 48.6. The molecule has 0 aromatic carbocycles. The van der Waals surface area contributed by atoms with Gasteiger partial charge in [-0.15, -0.1) is 0 Å². The molecule has 0 saturated carbocycles. The number of unbranched alkanes of at least 4 members (excludes halogenated alkanes) is 15. The van der Waals surface area contributed by atoms with E-state index in [9.17, 15) is 19.8 Å². The average molecular weight is 860 g/mol. The lowest BCUT2D eigenvalue weighted by Crippen LogP contribution is -2.46. The molecule has 0 aliphatic heterocycles. The molecule has 0 fully saturated rings. The Morgan fingerprint density at radius 3 is 1.47 bits per heavy atom. The Balaban J connectivity index is 4.70. The van der Waals surface area contributed by atoms with E-state index >= 15 is 0 Å². The molecule has 1 amide bonds. The molecule has 6 nitrogen and oxygen atoms in total. The Kier molecular flexibility index (Phi) is 45.8. The molecule has 6 heteroatoms. The first-order valence-corrected chi connectivity index (χ1v) is 25.1. The van der Waals surface area contributed by atoms with Crippen molar-refractivity contribution in [2.24, 2.45) is 0 Å². The van der Waals surface area contributed by atoms with Crippen LogP contribution >= 0.6 is 0 Å². The summed E-state index contributed by atoms with van der Waals surface area (Å²) in [4.78, 5) is 26.1. The van der Waals surface area contributed by atoms with Crippen LogP contribution in [0.2, 0.25) is 0 Å². The van der Waals surface area contributed by atoms with Crippen molar-refractivity contribution in [3.8, 4) is 0 Å². The standard InChI is InChI=1S/C56H93NO5/c1-4-7-10-13-16-19-22-24-25-26-27-28-29-31-34-37-40-43-46-49-56(61)62-52(47-44-41-38-35-32-21-18-15-12-9-6-3)50-55(60)57-53(51-58)54(59)48-45-42-39-36-33-30-23-20-17-14-11-8-5-2/h7,9-10,12,15-16,18-19,21,24-25,27-28,31-32,34,40,43,52-54,58-59H,4-6,8,11,13-14,17,20,22-23,26,29-30,33,35-39,41-42,44-51H2,1-3H3,(H,57,60)/b10-7-,12-9+,18-15+,19-16-,25-24-,28-27-,32-21-,34-31-,43-40-. The Morgan fingerprint density at radius 1 is 0.500 bits per heavy atom. The van der Waals surface area contributed by atoms with Gasteiger partial charge in [-0.3, -0.25) is 9.59 Å². The number of aliphatic hydroxyl groups excluding tert-OH is 2. The molecule has 3 atom stereocenters. The number of esters is 1. The molecule has 62 heavy (non-hydrogen) atoms. The van der Waals surface area contributed by atoms with Crippen molar-refractivity contribution < 1.29 is 24.5 Å². The van der Waals surface area contributed by atoms with Crippen LogP contribution in [-0.2, 0) is 14.3 Å². The van der Waals surface area contributed by atoms with Gasteiger partial charge in [-0.2, -0.15) is 0 Å². The van der Waals surface area contributed by atoms with Crippen molar-refractivity contribution in [1.29, 1.82) is 0 Å². The zero-order chi connectivity index (χ0) is 45.2. The zero-order valence-corrected chi connectivity index (χ0v) is 40.0. The van der Waals surface area contributed by atoms with Gasteiger partial charge in [0.15, 0.2) is 0 Å². The monoisotopic (exact) mass is 860 g/mol. The van der Waals surface area contributed by atoms with E-state index in [1.807, 2.05) is 18.2 Å². The van der Waals surface area contributed by atoms with Crippen LogP contribution < -0.4 is 5.32 Å². The highest BCUT2D eigenvalue weighted by Crippen LogP contribution is 2.16. The maximum atomic E-state index is 13.2. The summed E-state index contributed by atoms with van der Waals surface area (Å²) in [7, 11) is 0. The van der Waals surface area contributed by atoms with Crippen LogP contribution in [0.3, 0.4) is 0 Å². The third-order valence-electron chi connectivity index (χ3n) is 10.7. The number of hydrogen-bond donors (Lipinski definition) is 3. The molecule has 0 heterocycles. The fraction of sp³-hybridized carbons (Fsp3) is 0.643. The lowest BCUT2D eigenvalue weighted by atomic mass is 10.0. The summed E-state index contributed by atoms with van der Waals surface area (Å²) in [5.74, 6) is -0.620. The Labute approximate surface area is 381 Å². The number of carbonyl (C=O) groups excluding carboxylic acids is 2. The van der Waals surface area contributed by atoms with Crippen LogP contribution in [0.5, 0.6) is 0 Å². The summed E-state index contributed by atoms with van der Waals surface area (Å²) in [6.45, 7) is 6.19. The van der Waals surface area contributed by atoms with Gasteiger partial charge in [0.25, 0.3) is 0 Å².